The second-order valence-corrected chi connectivity index (χ2v) is 5.43. The number of hydrogen-bond acceptors (Lipinski definition) is 2. The molecular formula is C15H12Cl2N2O. The zero-order valence-electron chi connectivity index (χ0n) is 10.5. The molecule has 102 valence electrons. The van der Waals surface area contributed by atoms with Gasteiger partial charge in [-0.2, -0.15) is 0 Å². The fourth-order valence-electron chi connectivity index (χ4n) is 2.13. The van der Waals surface area contributed by atoms with E-state index in [9.17, 15) is 5.11 Å². The largest absolute Gasteiger partial charge is 0.386 e. The first-order chi connectivity index (χ1) is 9.63. The van der Waals surface area contributed by atoms with Gasteiger partial charge in [0.15, 0.2) is 0 Å². The average molecular weight is 307 g/mol. The van der Waals surface area contributed by atoms with Gasteiger partial charge in [-0.05, 0) is 35.9 Å². The molecule has 1 atom stereocenters. The van der Waals surface area contributed by atoms with E-state index in [1.807, 2.05) is 35.0 Å². The lowest BCUT2D eigenvalue weighted by Crippen LogP contribution is -2.02. The summed E-state index contributed by atoms with van der Waals surface area (Å²) in [5, 5.41) is 11.5. The number of nitrogens with zero attached hydrogens (tertiary/aromatic N) is 2. The predicted molar refractivity (Wildman–Crippen MR) is 80.3 cm³/mol. The van der Waals surface area contributed by atoms with Crippen molar-refractivity contribution in [3.8, 4) is 0 Å². The highest BCUT2D eigenvalue weighted by Gasteiger charge is 2.14. The van der Waals surface area contributed by atoms with Crippen molar-refractivity contribution in [2.24, 2.45) is 0 Å². The third kappa shape index (κ3) is 2.66. The van der Waals surface area contributed by atoms with E-state index in [0.29, 0.717) is 22.2 Å². The summed E-state index contributed by atoms with van der Waals surface area (Å²) in [6, 6.07) is 10.9. The molecule has 3 rings (SSSR count). The third-order valence-electron chi connectivity index (χ3n) is 3.15. The lowest BCUT2D eigenvalue weighted by atomic mass is 10.1. The molecule has 3 nitrogen and oxygen atoms in total. The number of halogens is 2. The molecule has 0 amide bonds. The molecule has 0 radical (unpaired) electrons. The number of fused-ring (bicyclic) bond motifs is 1. The summed E-state index contributed by atoms with van der Waals surface area (Å²) in [5.74, 6) is 0. The third-order valence-corrected chi connectivity index (χ3v) is 3.75. The number of aliphatic hydroxyl groups excluding tert-OH is 1. The standard InChI is InChI=1S/C15H12Cl2N2O/c16-11-4-5-12(17)10(7-11)8-14(20)13-9-19-6-2-1-3-15(19)18-13/h1-7,9,14,20H,8H2. The van der Waals surface area contributed by atoms with Crippen molar-refractivity contribution < 1.29 is 5.11 Å². The maximum absolute atomic E-state index is 10.3. The summed E-state index contributed by atoms with van der Waals surface area (Å²) in [6.07, 6.45) is 3.37. The van der Waals surface area contributed by atoms with Crippen molar-refractivity contribution in [1.29, 1.82) is 0 Å². The number of imidazole rings is 1. The molecule has 0 aliphatic heterocycles. The van der Waals surface area contributed by atoms with Gasteiger partial charge < -0.3 is 9.51 Å². The topological polar surface area (TPSA) is 37.5 Å². The van der Waals surface area contributed by atoms with Gasteiger partial charge in [0.1, 0.15) is 11.8 Å². The molecule has 0 saturated carbocycles. The predicted octanol–water partition coefficient (Wildman–Crippen LogP) is 3.92. The van der Waals surface area contributed by atoms with Crippen LogP contribution in [0.25, 0.3) is 5.65 Å². The molecule has 0 saturated heterocycles. The van der Waals surface area contributed by atoms with Crippen LogP contribution in [0, 0.1) is 0 Å². The van der Waals surface area contributed by atoms with Gasteiger partial charge in [0, 0.05) is 28.9 Å². The smallest absolute Gasteiger partial charge is 0.137 e. The summed E-state index contributed by atoms with van der Waals surface area (Å²) in [4.78, 5) is 4.40. The maximum Gasteiger partial charge on any atom is 0.137 e. The highest BCUT2D eigenvalue weighted by Crippen LogP contribution is 2.26. The van der Waals surface area contributed by atoms with Crippen LogP contribution in [0.2, 0.25) is 10.0 Å². The fraction of sp³-hybridized carbons (Fsp3) is 0.133. The Kier molecular flexibility index (Phi) is 3.66. The van der Waals surface area contributed by atoms with Crippen LogP contribution in [-0.2, 0) is 6.42 Å². The first-order valence-corrected chi connectivity index (χ1v) is 6.95. The molecule has 1 aromatic carbocycles. The maximum atomic E-state index is 10.3. The van der Waals surface area contributed by atoms with Crippen LogP contribution < -0.4 is 0 Å². The summed E-state index contributed by atoms with van der Waals surface area (Å²) in [7, 11) is 0. The lowest BCUT2D eigenvalue weighted by Gasteiger charge is -2.09. The van der Waals surface area contributed by atoms with Crippen molar-refractivity contribution in [2.75, 3.05) is 0 Å². The van der Waals surface area contributed by atoms with Crippen LogP contribution in [0.5, 0.6) is 0 Å². The molecule has 0 aliphatic rings. The highest BCUT2D eigenvalue weighted by atomic mass is 35.5. The number of aromatic nitrogens is 2. The van der Waals surface area contributed by atoms with Crippen molar-refractivity contribution in [2.45, 2.75) is 12.5 Å². The zero-order chi connectivity index (χ0) is 14.1. The summed E-state index contributed by atoms with van der Waals surface area (Å²) >= 11 is 12.1. The SMILES string of the molecule is OC(Cc1cc(Cl)ccc1Cl)c1cn2ccccc2n1. The Morgan fingerprint density at radius 3 is 2.85 bits per heavy atom. The minimum atomic E-state index is -0.717. The first-order valence-electron chi connectivity index (χ1n) is 6.19. The molecule has 0 fully saturated rings. The Hall–Kier alpha value is -1.55. The van der Waals surface area contributed by atoms with Crippen molar-refractivity contribution >= 4 is 28.8 Å². The summed E-state index contributed by atoms with van der Waals surface area (Å²) in [5.41, 5.74) is 2.23. The Labute approximate surface area is 126 Å². The molecule has 5 heteroatoms. The Balaban J connectivity index is 1.88. The lowest BCUT2D eigenvalue weighted by molar-refractivity contribution is 0.174. The average Bonchev–Trinajstić information content (AvgIpc) is 2.87. The number of rotatable bonds is 3. The molecule has 0 spiro atoms. The molecule has 0 bridgehead atoms. The van der Waals surface area contributed by atoms with Crippen LogP contribution in [0.3, 0.4) is 0 Å². The Morgan fingerprint density at radius 1 is 1.20 bits per heavy atom. The molecule has 3 aromatic rings. The highest BCUT2D eigenvalue weighted by molar-refractivity contribution is 6.33. The number of benzene rings is 1. The molecule has 1 unspecified atom stereocenters. The molecule has 20 heavy (non-hydrogen) atoms. The van der Waals surface area contributed by atoms with Crippen LogP contribution in [0.1, 0.15) is 17.4 Å². The number of pyridine rings is 1. The van der Waals surface area contributed by atoms with Gasteiger partial charge >= 0.3 is 0 Å². The van der Waals surface area contributed by atoms with Crippen LogP contribution in [-0.4, -0.2) is 14.5 Å². The number of hydrogen-bond donors (Lipinski definition) is 1. The Bertz CT molecular complexity index is 721. The monoisotopic (exact) mass is 306 g/mol. The van der Waals surface area contributed by atoms with Gasteiger partial charge in [-0.3, -0.25) is 0 Å². The normalized spacial score (nSPS) is 12.8. The molecule has 0 aliphatic carbocycles. The summed E-state index contributed by atoms with van der Waals surface area (Å²) in [6.45, 7) is 0. The quantitative estimate of drug-likeness (QED) is 0.796. The van der Waals surface area contributed by atoms with Gasteiger partial charge in [0.05, 0.1) is 5.69 Å². The van der Waals surface area contributed by atoms with Gasteiger partial charge in [0.25, 0.3) is 0 Å². The van der Waals surface area contributed by atoms with E-state index < -0.39 is 6.10 Å². The van der Waals surface area contributed by atoms with Crippen LogP contribution in [0.15, 0.2) is 48.8 Å². The second-order valence-electron chi connectivity index (χ2n) is 4.59. The van der Waals surface area contributed by atoms with E-state index in [1.54, 1.807) is 18.2 Å². The minimum absolute atomic E-state index is 0.378. The van der Waals surface area contributed by atoms with Crippen LogP contribution in [0.4, 0.5) is 0 Å². The molecular weight excluding hydrogens is 295 g/mol. The number of aliphatic hydroxyl groups is 1. The van der Waals surface area contributed by atoms with E-state index in [0.717, 1.165) is 11.2 Å². The molecule has 2 aromatic heterocycles. The second kappa shape index (κ2) is 5.44. The van der Waals surface area contributed by atoms with Crippen molar-refractivity contribution in [3.05, 3.63) is 70.1 Å². The Morgan fingerprint density at radius 2 is 2.05 bits per heavy atom. The van der Waals surface area contributed by atoms with E-state index in [-0.39, 0.29) is 0 Å². The van der Waals surface area contributed by atoms with Gasteiger partial charge in [-0.15, -0.1) is 0 Å². The van der Waals surface area contributed by atoms with Gasteiger partial charge in [-0.1, -0.05) is 29.3 Å². The van der Waals surface area contributed by atoms with Gasteiger partial charge in [0.2, 0.25) is 0 Å². The van der Waals surface area contributed by atoms with Gasteiger partial charge in [-0.25, -0.2) is 4.98 Å². The minimum Gasteiger partial charge on any atom is -0.386 e. The molecule has 2 heterocycles. The molecule has 1 N–H and O–H groups in total. The van der Waals surface area contributed by atoms with Crippen molar-refractivity contribution in [3.63, 3.8) is 0 Å². The van der Waals surface area contributed by atoms with Crippen molar-refractivity contribution in [1.82, 2.24) is 9.38 Å². The first kappa shape index (κ1) is 13.4. The summed E-state index contributed by atoms with van der Waals surface area (Å²) < 4.78 is 1.87. The zero-order valence-corrected chi connectivity index (χ0v) is 12.0. The van der Waals surface area contributed by atoms with E-state index >= 15 is 0 Å². The van der Waals surface area contributed by atoms with E-state index in [2.05, 4.69) is 4.98 Å². The van der Waals surface area contributed by atoms with Crippen LogP contribution >= 0.6 is 23.2 Å². The van der Waals surface area contributed by atoms with E-state index in [1.165, 1.54) is 0 Å². The fourth-order valence-corrected chi connectivity index (χ4v) is 2.52. The van der Waals surface area contributed by atoms with E-state index in [4.69, 9.17) is 23.2 Å².